The van der Waals surface area contributed by atoms with Crippen LogP contribution in [0.3, 0.4) is 0 Å². The first-order valence-electron chi connectivity index (χ1n) is 6.08. The van der Waals surface area contributed by atoms with Crippen molar-refractivity contribution in [3.05, 3.63) is 44.8 Å². The monoisotopic (exact) mass is 320 g/mol. The molecule has 0 amide bonds. The number of hydrogen-bond acceptors (Lipinski definition) is 5. The predicted octanol–water partition coefficient (Wildman–Crippen LogP) is 0.572. The number of nitrogens with zero attached hydrogens (tertiary/aromatic N) is 1. The number of esters is 1. The molecule has 0 aliphatic carbocycles. The lowest BCUT2D eigenvalue weighted by Crippen LogP contribution is -2.42. The van der Waals surface area contributed by atoms with Gasteiger partial charge in [0.2, 0.25) is 0 Å². The van der Waals surface area contributed by atoms with E-state index in [2.05, 4.69) is 0 Å². The Morgan fingerprint density at radius 1 is 1.45 bits per heavy atom. The molecule has 2 rings (SSSR count). The maximum absolute atomic E-state index is 12.8. The molecule has 0 saturated heterocycles. The van der Waals surface area contributed by atoms with Crippen molar-refractivity contribution >= 4 is 5.97 Å². The summed E-state index contributed by atoms with van der Waals surface area (Å²) in [6.07, 6.45) is -4.10. The number of ether oxygens (including phenoxy) is 2. The van der Waals surface area contributed by atoms with Crippen molar-refractivity contribution in [3.63, 3.8) is 0 Å². The molecule has 0 unspecified atom stereocenters. The van der Waals surface area contributed by atoms with Crippen molar-refractivity contribution in [2.24, 2.45) is 0 Å². The number of H-pyrrole nitrogens is 1. The molecular formula is C12H11F3N2O5. The van der Waals surface area contributed by atoms with Crippen molar-refractivity contribution in [2.45, 2.75) is 25.4 Å². The van der Waals surface area contributed by atoms with E-state index in [0.29, 0.717) is 10.8 Å². The van der Waals surface area contributed by atoms with Crippen LogP contribution in [0.25, 0.3) is 0 Å². The Bertz CT molecular complexity index is 719. The molecule has 120 valence electrons. The Balaban J connectivity index is 2.51. The topological polar surface area (TPSA) is 90.4 Å². The lowest BCUT2D eigenvalue weighted by Gasteiger charge is -2.28. The van der Waals surface area contributed by atoms with Crippen LogP contribution in [0, 0.1) is 0 Å². The van der Waals surface area contributed by atoms with Gasteiger partial charge in [-0.2, -0.15) is 13.2 Å². The van der Waals surface area contributed by atoms with E-state index in [1.165, 1.54) is 12.2 Å². The zero-order chi connectivity index (χ0) is 16.5. The molecule has 10 heteroatoms. The van der Waals surface area contributed by atoms with Gasteiger partial charge in [0.15, 0.2) is 12.3 Å². The van der Waals surface area contributed by atoms with E-state index in [1.54, 1.807) is 4.98 Å². The summed E-state index contributed by atoms with van der Waals surface area (Å²) in [5, 5.41) is 0. The minimum absolute atomic E-state index is 0.00927. The van der Waals surface area contributed by atoms with Crippen LogP contribution in [-0.2, 0) is 20.4 Å². The van der Waals surface area contributed by atoms with Crippen LogP contribution in [0.5, 0.6) is 0 Å². The van der Waals surface area contributed by atoms with Gasteiger partial charge < -0.3 is 9.47 Å². The first-order valence-corrected chi connectivity index (χ1v) is 6.08. The highest BCUT2D eigenvalue weighted by atomic mass is 19.4. The third-order valence-corrected chi connectivity index (χ3v) is 2.82. The van der Waals surface area contributed by atoms with E-state index in [9.17, 15) is 27.6 Å². The Morgan fingerprint density at radius 3 is 2.73 bits per heavy atom. The molecule has 1 aliphatic rings. The van der Waals surface area contributed by atoms with Crippen LogP contribution in [0.4, 0.5) is 13.2 Å². The Morgan fingerprint density at radius 2 is 2.14 bits per heavy atom. The number of carbonyl (C=O) groups excluding carboxylic acids is 1. The Labute approximate surface area is 121 Å². The van der Waals surface area contributed by atoms with Crippen LogP contribution >= 0.6 is 0 Å². The minimum Gasteiger partial charge on any atom is -0.453 e. The fourth-order valence-corrected chi connectivity index (χ4v) is 1.94. The number of aromatic nitrogens is 2. The van der Waals surface area contributed by atoms with Crippen LogP contribution in [-0.4, -0.2) is 28.2 Å². The number of nitrogens with one attached hydrogen (secondary N) is 1. The highest BCUT2D eigenvalue weighted by molar-refractivity contribution is 5.66. The molecule has 0 spiro atoms. The molecule has 0 radical (unpaired) electrons. The second kappa shape index (κ2) is 5.79. The number of hydrogen-bond donors (Lipinski definition) is 1. The molecular weight excluding hydrogens is 309 g/mol. The number of rotatable bonds is 2. The van der Waals surface area contributed by atoms with Gasteiger partial charge in [0, 0.05) is 13.1 Å². The van der Waals surface area contributed by atoms with Crippen molar-refractivity contribution in [1.29, 1.82) is 0 Å². The predicted molar refractivity (Wildman–Crippen MR) is 66.0 cm³/mol. The van der Waals surface area contributed by atoms with Gasteiger partial charge in [-0.15, -0.1) is 0 Å². The fourth-order valence-electron chi connectivity index (χ4n) is 1.94. The smallest absolute Gasteiger partial charge is 0.423 e. The molecule has 0 aromatic carbocycles. The summed E-state index contributed by atoms with van der Waals surface area (Å²) >= 11 is 0. The van der Waals surface area contributed by atoms with Crippen molar-refractivity contribution in [2.75, 3.05) is 6.61 Å². The second-order valence-corrected chi connectivity index (χ2v) is 4.43. The highest BCUT2D eigenvalue weighted by Crippen LogP contribution is 2.27. The van der Waals surface area contributed by atoms with Gasteiger partial charge in [-0.1, -0.05) is 6.08 Å². The average molecular weight is 320 g/mol. The van der Waals surface area contributed by atoms with Gasteiger partial charge in [0.1, 0.15) is 5.56 Å². The summed E-state index contributed by atoms with van der Waals surface area (Å²) in [6.45, 7) is 1.12. The maximum atomic E-state index is 12.8. The number of aromatic amines is 1. The molecule has 0 bridgehead atoms. The van der Waals surface area contributed by atoms with Gasteiger partial charge in [-0.05, 0) is 6.08 Å². The first-order chi connectivity index (χ1) is 10.2. The van der Waals surface area contributed by atoms with Crippen molar-refractivity contribution in [3.8, 4) is 0 Å². The zero-order valence-corrected chi connectivity index (χ0v) is 11.2. The van der Waals surface area contributed by atoms with E-state index in [1.807, 2.05) is 0 Å². The molecule has 22 heavy (non-hydrogen) atoms. The van der Waals surface area contributed by atoms with Gasteiger partial charge >= 0.3 is 17.8 Å². The first kappa shape index (κ1) is 16.0. The Kier molecular flexibility index (Phi) is 4.22. The largest absolute Gasteiger partial charge is 0.453 e. The molecule has 7 nitrogen and oxygen atoms in total. The van der Waals surface area contributed by atoms with E-state index >= 15 is 0 Å². The quantitative estimate of drug-likeness (QED) is 0.635. The molecule has 1 N–H and O–H groups in total. The van der Waals surface area contributed by atoms with Crippen molar-refractivity contribution in [1.82, 2.24) is 9.55 Å². The van der Waals surface area contributed by atoms with E-state index in [-0.39, 0.29) is 6.61 Å². The number of carbonyl (C=O) groups is 1. The Hall–Kier alpha value is -2.36. The standard InChI is InChI=1S/C12H11F3N2O5/c1-6(18)22-8-3-2-4-21-10(8)17-5-7(12(13,14)15)9(19)16-11(17)20/h2-3,5,8,10H,4H2,1H3,(H,16,19,20)/t8-,10-/m0/s1. The normalized spacial score (nSPS) is 21.6. The van der Waals surface area contributed by atoms with Gasteiger partial charge in [-0.25, -0.2) is 4.79 Å². The van der Waals surface area contributed by atoms with E-state index in [0.717, 1.165) is 6.92 Å². The molecule has 2 heterocycles. The molecule has 1 aliphatic heterocycles. The van der Waals surface area contributed by atoms with Crippen molar-refractivity contribution < 1.29 is 27.4 Å². The number of alkyl halides is 3. The third kappa shape index (κ3) is 3.27. The summed E-state index contributed by atoms with van der Waals surface area (Å²) in [6, 6.07) is 0. The summed E-state index contributed by atoms with van der Waals surface area (Å²) < 4.78 is 48.9. The summed E-state index contributed by atoms with van der Waals surface area (Å²) in [5.74, 6) is -0.696. The fraction of sp³-hybridized carbons (Fsp3) is 0.417. The minimum atomic E-state index is -4.94. The van der Waals surface area contributed by atoms with Gasteiger partial charge in [0.05, 0.1) is 6.61 Å². The van der Waals surface area contributed by atoms with Gasteiger partial charge in [-0.3, -0.25) is 19.1 Å². The summed E-state index contributed by atoms with van der Waals surface area (Å²) in [5.41, 5.74) is -4.20. The molecule has 0 fully saturated rings. The van der Waals surface area contributed by atoms with Crippen LogP contribution in [0.1, 0.15) is 18.7 Å². The summed E-state index contributed by atoms with van der Waals surface area (Å²) in [4.78, 5) is 35.6. The third-order valence-electron chi connectivity index (χ3n) is 2.82. The lowest BCUT2D eigenvalue weighted by molar-refractivity contribution is -0.158. The van der Waals surface area contributed by atoms with Gasteiger partial charge in [0.25, 0.3) is 5.56 Å². The zero-order valence-electron chi connectivity index (χ0n) is 11.2. The van der Waals surface area contributed by atoms with E-state index in [4.69, 9.17) is 9.47 Å². The highest BCUT2D eigenvalue weighted by Gasteiger charge is 2.37. The average Bonchev–Trinajstić information content (AvgIpc) is 2.37. The molecule has 0 saturated carbocycles. The molecule has 2 atom stereocenters. The van der Waals surface area contributed by atoms with E-state index < -0.39 is 41.3 Å². The second-order valence-electron chi connectivity index (χ2n) is 4.43. The maximum Gasteiger partial charge on any atom is 0.423 e. The summed E-state index contributed by atoms with van der Waals surface area (Å²) in [7, 11) is 0. The lowest BCUT2D eigenvalue weighted by atomic mass is 10.2. The van der Waals surface area contributed by atoms with Crippen LogP contribution < -0.4 is 11.2 Å². The SMILES string of the molecule is CC(=O)O[C@H]1C=CCO[C@@H]1n1cc(C(F)(F)F)c(=O)[nH]c1=O. The molecule has 1 aromatic rings. The molecule has 1 aromatic heterocycles. The number of halogens is 3. The van der Waals surface area contributed by atoms with Crippen LogP contribution in [0.15, 0.2) is 27.9 Å². The van der Waals surface area contributed by atoms with Crippen LogP contribution in [0.2, 0.25) is 0 Å².